The third-order valence-corrected chi connectivity index (χ3v) is 3.97. The molecule has 2 rings (SSSR count). The summed E-state index contributed by atoms with van der Waals surface area (Å²) in [4.78, 5) is 6.60. The molecule has 0 aliphatic carbocycles. The highest BCUT2D eigenvalue weighted by Crippen LogP contribution is 2.20. The first-order valence-corrected chi connectivity index (χ1v) is 7.41. The van der Waals surface area contributed by atoms with Crippen LogP contribution in [0.1, 0.15) is 32.4 Å². The molecule has 0 saturated carbocycles. The number of oxime groups is 1. The summed E-state index contributed by atoms with van der Waals surface area (Å²) in [5, 5.41) is 11.5. The Morgan fingerprint density at radius 3 is 2.71 bits per heavy atom. The van der Waals surface area contributed by atoms with Crippen molar-refractivity contribution in [1.29, 1.82) is 0 Å². The van der Waals surface area contributed by atoms with Crippen LogP contribution in [0.5, 0.6) is 5.75 Å². The molecule has 6 heteroatoms. The van der Waals surface area contributed by atoms with Gasteiger partial charge in [-0.3, -0.25) is 0 Å². The second-order valence-electron chi connectivity index (χ2n) is 5.75. The smallest absolute Gasteiger partial charge is 0.188 e. The highest BCUT2D eigenvalue weighted by Gasteiger charge is 2.21. The zero-order valence-electron chi connectivity index (χ0n) is 12.7. The average molecular weight is 292 g/mol. The van der Waals surface area contributed by atoms with E-state index in [1.54, 1.807) is 18.3 Å². The summed E-state index contributed by atoms with van der Waals surface area (Å²) >= 11 is 0. The van der Waals surface area contributed by atoms with Gasteiger partial charge in [-0.15, -0.1) is 0 Å². The normalized spacial score (nSPS) is 18.1. The molecule has 1 saturated heterocycles. The van der Waals surface area contributed by atoms with E-state index in [1.165, 1.54) is 12.8 Å². The molecule has 0 aromatic carbocycles. The van der Waals surface area contributed by atoms with Crippen LogP contribution >= 0.6 is 0 Å². The molecule has 0 amide bonds. The Bertz CT molecular complexity index is 465. The number of pyridine rings is 1. The van der Waals surface area contributed by atoms with Gasteiger partial charge in [0.05, 0.1) is 12.8 Å². The van der Waals surface area contributed by atoms with Gasteiger partial charge in [0.2, 0.25) is 0 Å². The van der Waals surface area contributed by atoms with Crippen LogP contribution in [0.4, 0.5) is 0 Å². The monoisotopic (exact) mass is 292 g/mol. The van der Waals surface area contributed by atoms with Gasteiger partial charge >= 0.3 is 0 Å². The van der Waals surface area contributed by atoms with Gasteiger partial charge in [-0.05, 0) is 57.8 Å². The molecule has 1 fully saturated rings. The third kappa shape index (κ3) is 4.32. The number of amidine groups is 1. The van der Waals surface area contributed by atoms with Gasteiger partial charge in [0.15, 0.2) is 5.84 Å². The minimum absolute atomic E-state index is 0.00241. The van der Waals surface area contributed by atoms with E-state index in [0.717, 1.165) is 25.4 Å². The molecule has 1 aromatic heterocycles. The van der Waals surface area contributed by atoms with Crippen molar-refractivity contribution in [3.8, 4) is 5.75 Å². The van der Waals surface area contributed by atoms with E-state index < -0.39 is 0 Å². The molecular weight excluding hydrogens is 268 g/mol. The van der Waals surface area contributed by atoms with Crippen LogP contribution < -0.4 is 10.5 Å². The van der Waals surface area contributed by atoms with Gasteiger partial charge < -0.3 is 20.6 Å². The third-order valence-electron chi connectivity index (χ3n) is 3.97. The Hall–Kier alpha value is -1.82. The predicted molar refractivity (Wildman–Crippen MR) is 81.7 cm³/mol. The van der Waals surface area contributed by atoms with E-state index in [2.05, 4.69) is 28.9 Å². The number of aromatic nitrogens is 1. The summed E-state index contributed by atoms with van der Waals surface area (Å²) in [5.74, 6) is 1.32. The maximum absolute atomic E-state index is 8.58. The van der Waals surface area contributed by atoms with Crippen LogP contribution in [0.2, 0.25) is 0 Å². The highest BCUT2D eigenvalue weighted by atomic mass is 16.5. The molecule has 3 N–H and O–H groups in total. The molecule has 21 heavy (non-hydrogen) atoms. The molecule has 1 aromatic rings. The Morgan fingerprint density at radius 1 is 1.48 bits per heavy atom. The largest absolute Gasteiger partial charge is 0.492 e. The number of ether oxygens (including phenoxy) is 1. The SMILES string of the molecule is CC(C)N1CCC(COc2ccc(C(N)=NO)nc2)CC1. The first-order chi connectivity index (χ1) is 10.1. The summed E-state index contributed by atoms with van der Waals surface area (Å²) in [6.07, 6.45) is 3.96. The van der Waals surface area contributed by atoms with Gasteiger partial charge in [-0.1, -0.05) is 5.16 Å². The molecule has 0 radical (unpaired) electrons. The molecular formula is C15H24N4O2. The van der Waals surface area contributed by atoms with Gasteiger partial charge in [0.25, 0.3) is 0 Å². The second kappa shape index (κ2) is 7.26. The van der Waals surface area contributed by atoms with Crippen molar-refractivity contribution in [1.82, 2.24) is 9.88 Å². The Morgan fingerprint density at radius 2 is 2.19 bits per heavy atom. The summed E-state index contributed by atoms with van der Waals surface area (Å²) in [6.45, 7) is 7.49. The first kappa shape index (κ1) is 15.6. The van der Waals surface area contributed by atoms with Gasteiger partial charge in [0, 0.05) is 6.04 Å². The fourth-order valence-corrected chi connectivity index (χ4v) is 2.52. The van der Waals surface area contributed by atoms with Crippen molar-refractivity contribution < 1.29 is 9.94 Å². The lowest BCUT2D eigenvalue weighted by Gasteiger charge is -2.34. The first-order valence-electron chi connectivity index (χ1n) is 7.41. The fraction of sp³-hybridized carbons (Fsp3) is 0.600. The maximum atomic E-state index is 8.58. The minimum atomic E-state index is 0.00241. The maximum Gasteiger partial charge on any atom is 0.188 e. The summed E-state index contributed by atoms with van der Waals surface area (Å²) in [7, 11) is 0. The van der Waals surface area contributed by atoms with E-state index in [-0.39, 0.29) is 5.84 Å². The topological polar surface area (TPSA) is 84.0 Å². The van der Waals surface area contributed by atoms with E-state index in [4.69, 9.17) is 15.7 Å². The molecule has 2 heterocycles. The molecule has 1 aliphatic heterocycles. The number of piperidine rings is 1. The standard InChI is InChI=1S/C15H24N4O2/c1-11(2)19-7-5-12(6-8-19)10-21-13-3-4-14(17-9-13)15(16)18-20/h3-4,9,11-12,20H,5-8,10H2,1-2H3,(H2,16,18). The lowest BCUT2D eigenvalue weighted by atomic mass is 9.97. The van der Waals surface area contributed by atoms with Gasteiger partial charge in [-0.2, -0.15) is 0 Å². The lowest BCUT2D eigenvalue weighted by molar-refractivity contribution is 0.119. The van der Waals surface area contributed by atoms with Crippen molar-refractivity contribution in [3.63, 3.8) is 0 Å². The van der Waals surface area contributed by atoms with Crippen LogP contribution in [0.15, 0.2) is 23.5 Å². The Kier molecular flexibility index (Phi) is 5.38. The number of likely N-dealkylation sites (tertiary alicyclic amines) is 1. The number of nitrogens with two attached hydrogens (primary N) is 1. The zero-order valence-corrected chi connectivity index (χ0v) is 12.7. The molecule has 6 nitrogen and oxygen atoms in total. The molecule has 0 spiro atoms. The van der Waals surface area contributed by atoms with Crippen LogP contribution in [0.25, 0.3) is 0 Å². The summed E-state index contributed by atoms with van der Waals surface area (Å²) < 4.78 is 5.79. The van der Waals surface area contributed by atoms with Crippen molar-refractivity contribution in [2.75, 3.05) is 19.7 Å². The number of hydrogen-bond acceptors (Lipinski definition) is 5. The average Bonchev–Trinajstić information content (AvgIpc) is 2.53. The van der Waals surface area contributed by atoms with Crippen molar-refractivity contribution >= 4 is 5.84 Å². The van der Waals surface area contributed by atoms with Gasteiger partial charge in [0.1, 0.15) is 11.4 Å². The van der Waals surface area contributed by atoms with E-state index in [0.29, 0.717) is 17.7 Å². The van der Waals surface area contributed by atoms with E-state index in [9.17, 15) is 0 Å². The number of nitrogens with zero attached hydrogens (tertiary/aromatic N) is 3. The van der Waals surface area contributed by atoms with Crippen LogP contribution in [-0.2, 0) is 0 Å². The fourth-order valence-electron chi connectivity index (χ4n) is 2.52. The molecule has 0 atom stereocenters. The number of hydrogen-bond donors (Lipinski definition) is 2. The second-order valence-corrected chi connectivity index (χ2v) is 5.75. The predicted octanol–water partition coefficient (Wildman–Crippen LogP) is 1.68. The van der Waals surface area contributed by atoms with E-state index >= 15 is 0 Å². The molecule has 0 unspecified atom stereocenters. The Balaban J connectivity index is 1.79. The molecule has 116 valence electrons. The van der Waals surface area contributed by atoms with Crippen LogP contribution in [0, 0.1) is 5.92 Å². The van der Waals surface area contributed by atoms with Gasteiger partial charge in [-0.25, -0.2) is 4.98 Å². The zero-order chi connectivity index (χ0) is 15.2. The van der Waals surface area contributed by atoms with Crippen LogP contribution in [-0.4, -0.2) is 46.7 Å². The van der Waals surface area contributed by atoms with Crippen LogP contribution in [0.3, 0.4) is 0 Å². The lowest BCUT2D eigenvalue weighted by Crippen LogP contribution is -2.39. The quantitative estimate of drug-likeness (QED) is 0.373. The molecule has 0 bridgehead atoms. The Labute approximate surface area is 125 Å². The summed E-state index contributed by atoms with van der Waals surface area (Å²) in [6, 6.07) is 4.11. The minimum Gasteiger partial charge on any atom is -0.492 e. The van der Waals surface area contributed by atoms with E-state index in [1.807, 2.05) is 0 Å². The molecule has 1 aliphatic rings. The van der Waals surface area contributed by atoms with Crippen molar-refractivity contribution in [3.05, 3.63) is 24.0 Å². The van der Waals surface area contributed by atoms with Crippen molar-refractivity contribution in [2.45, 2.75) is 32.7 Å². The number of rotatable bonds is 5. The van der Waals surface area contributed by atoms with Crippen molar-refractivity contribution in [2.24, 2.45) is 16.8 Å². The highest BCUT2D eigenvalue weighted by molar-refractivity contribution is 5.95. The summed E-state index contributed by atoms with van der Waals surface area (Å²) in [5.41, 5.74) is 5.90.